The van der Waals surface area contributed by atoms with Crippen molar-refractivity contribution in [2.75, 3.05) is 0 Å². The predicted octanol–water partition coefficient (Wildman–Crippen LogP) is 24.7. The molecule has 0 amide bonds. The van der Waals surface area contributed by atoms with Crippen molar-refractivity contribution in [3.63, 3.8) is 0 Å². The van der Waals surface area contributed by atoms with Gasteiger partial charge in [0.05, 0.1) is 73.3 Å². The molecule has 0 fully saturated rings. The second-order valence-electron chi connectivity index (χ2n) is 25.4. The summed E-state index contributed by atoms with van der Waals surface area (Å²) in [5.41, 5.74) is 25.9. The highest BCUT2D eigenvalue weighted by Gasteiger charge is 2.34. The molecular formula is C91H55N5. The van der Waals surface area contributed by atoms with Crippen molar-refractivity contribution in [2.24, 2.45) is 0 Å². The van der Waals surface area contributed by atoms with Crippen molar-refractivity contribution in [3.8, 4) is 83.8 Å². The molecule has 0 saturated heterocycles. The zero-order valence-corrected chi connectivity index (χ0v) is 52.0. The summed E-state index contributed by atoms with van der Waals surface area (Å²) < 4.78 is 10.0. The molecule has 0 radical (unpaired) electrons. The lowest BCUT2D eigenvalue weighted by Crippen LogP contribution is -2.09. The molecule has 0 aliphatic rings. The number of fused-ring (bicyclic) bond motifs is 15. The van der Waals surface area contributed by atoms with Gasteiger partial charge in [0.25, 0.3) is 0 Å². The van der Waals surface area contributed by atoms with Crippen molar-refractivity contribution in [1.29, 1.82) is 0 Å². The number of hydrogen-bond acceptors (Lipinski definition) is 0. The summed E-state index contributed by atoms with van der Waals surface area (Å²) in [6, 6.07) is 122. The van der Waals surface area contributed by atoms with Gasteiger partial charge in [0, 0.05) is 53.9 Å². The molecule has 96 heavy (non-hydrogen) atoms. The first kappa shape index (κ1) is 53.6. The lowest BCUT2D eigenvalue weighted by atomic mass is 10.0. The first-order chi connectivity index (χ1) is 47.6. The van der Waals surface area contributed by atoms with Crippen LogP contribution in [0, 0.1) is 6.57 Å². The number of benzene rings is 15. The average Bonchev–Trinajstić information content (AvgIpc) is 1.49. The van der Waals surface area contributed by atoms with Crippen LogP contribution in [0.2, 0.25) is 0 Å². The van der Waals surface area contributed by atoms with Crippen molar-refractivity contribution in [1.82, 2.24) is 18.1 Å². The highest BCUT2D eigenvalue weighted by molar-refractivity contribution is 6.30. The highest BCUT2D eigenvalue weighted by atomic mass is 15.1. The molecule has 5 nitrogen and oxygen atoms in total. The number of para-hydroxylation sites is 2. The Balaban J connectivity index is 1.03. The topological polar surface area (TPSA) is 23.6 Å². The molecule has 5 heteroatoms. The summed E-state index contributed by atoms with van der Waals surface area (Å²) in [5.74, 6) is 0. The van der Waals surface area contributed by atoms with Gasteiger partial charge >= 0.3 is 0 Å². The van der Waals surface area contributed by atoms with Gasteiger partial charge in [-0.25, -0.2) is 4.85 Å². The molecule has 5 heterocycles. The van der Waals surface area contributed by atoms with E-state index in [9.17, 15) is 6.57 Å². The lowest BCUT2D eigenvalue weighted by Gasteiger charge is -2.24. The quantitative estimate of drug-likeness (QED) is 0.129. The molecule has 15 aromatic carbocycles. The SMILES string of the molecule is [C-]#[N+]c1c(-n2c3ccc(-c4ccccc4)cc3c3cc(-c4ccccc4)ccc32)c(-n2c3ccc(-c4ccccc4)cc3c3cc(-c4ccccc4)ccc32)c2c(c1-n1c3ccc(-c4ccccc4)cc3c3cc(-c4ccccc4)ccc31)c1cccc3c4ccccc4n2c31. The minimum absolute atomic E-state index is 0.531. The van der Waals surface area contributed by atoms with Crippen LogP contribution in [0.25, 0.3) is 192 Å². The van der Waals surface area contributed by atoms with Crippen LogP contribution < -0.4 is 0 Å². The van der Waals surface area contributed by atoms with E-state index >= 15 is 0 Å². The summed E-state index contributed by atoms with van der Waals surface area (Å²) >= 11 is 0. The molecule has 0 atom stereocenters. The van der Waals surface area contributed by atoms with Gasteiger partial charge in [-0.15, -0.1) is 0 Å². The Labute approximate surface area is 552 Å². The Morgan fingerprint density at radius 1 is 0.198 bits per heavy atom. The van der Waals surface area contributed by atoms with Gasteiger partial charge < -0.3 is 18.1 Å². The number of hydrogen-bond donors (Lipinski definition) is 0. The van der Waals surface area contributed by atoms with Crippen LogP contribution in [0.15, 0.2) is 334 Å². The fourth-order valence-electron chi connectivity index (χ4n) is 16.0. The predicted molar refractivity (Wildman–Crippen MR) is 403 cm³/mol. The van der Waals surface area contributed by atoms with E-state index in [1.807, 2.05) is 0 Å². The molecule has 0 saturated carbocycles. The van der Waals surface area contributed by atoms with E-state index in [1.54, 1.807) is 0 Å². The molecule has 0 spiro atoms. The standard InChI is InChI=1S/C91H55N5/c1-92-86-88(93-79-45-39-63(57-23-8-2-9-24-57)51-72(79)73-52-64(40-46-80(73)93)58-25-10-3-11-26-58)85-71-37-22-36-70-69-35-20-21-38-78(69)96(87(70)71)89(85)91(95-83-49-43-67(61-31-16-6-17-32-61)55-76(83)77-56-68(44-50-84(77)95)62-33-18-7-19-34-62)90(86)94-81-47-41-65(59-27-12-4-13-28-59)53-74(81)75-54-66(42-48-82(75)94)60-29-14-5-15-30-60/h2-56H. The normalized spacial score (nSPS) is 11.9. The van der Waals surface area contributed by atoms with Gasteiger partial charge in [0.2, 0.25) is 5.69 Å². The molecule has 20 rings (SSSR count). The van der Waals surface area contributed by atoms with Crippen molar-refractivity contribution < 1.29 is 0 Å². The minimum Gasteiger partial charge on any atom is -0.318 e. The summed E-state index contributed by atoms with van der Waals surface area (Å²) in [5, 5.41) is 11.0. The van der Waals surface area contributed by atoms with E-state index in [0.29, 0.717) is 5.69 Å². The van der Waals surface area contributed by atoms with Crippen molar-refractivity contribution in [3.05, 3.63) is 345 Å². The van der Waals surface area contributed by atoms with Crippen LogP contribution >= 0.6 is 0 Å². The zero-order chi connectivity index (χ0) is 63.1. The molecule has 0 unspecified atom stereocenters. The van der Waals surface area contributed by atoms with Gasteiger partial charge in [0.15, 0.2) is 0 Å². The molecule has 0 aliphatic heterocycles. The Bertz CT molecular complexity index is 6300. The molecule has 20 aromatic rings. The van der Waals surface area contributed by atoms with Gasteiger partial charge in [-0.05, 0) is 146 Å². The van der Waals surface area contributed by atoms with Crippen LogP contribution in [-0.2, 0) is 0 Å². The maximum Gasteiger partial charge on any atom is 0.236 e. The van der Waals surface area contributed by atoms with E-state index in [2.05, 4.69) is 352 Å². The monoisotopic (exact) mass is 1220 g/mol. The first-order valence-corrected chi connectivity index (χ1v) is 32.8. The molecule has 0 N–H and O–H groups in total. The fraction of sp³-hybridized carbons (Fsp3) is 0. The van der Waals surface area contributed by atoms with Crippen LogP contribution in [-0.4, -0.2) is 18.1 Å². The zero-order valence-electron chi connectivity index (χ0n) is 52.0. The van der Waals surface area contributed by atoms with Crippen LogP contribution in [0.4, 0.5) is 5.69 Å². The second kappa shape index (κ2) is 21.0. The van der Waals surface area contributed by atoms with Crippen LogP contribution in [0.1, 0.15) is 0 Å². The largest absolute Gasteiger partial charge is 0.318 e. The van der Waals surface area contributed by atoms with Gasteiger partial charge in [-0.1, -0.05) is 255 Å². The molecule has 0 aliphatic carbocycles. The Kier molecular flexibility index (Phi) is 11.7. The minimum atomic E-state index is 0.531. The van der Waals surface area contributed by atoms with E-state index in [1.165, 1.54) is 5.39 Å². The van der Waals surface area contributed by atoms with Gasteiger partial charge in [-0.3, -0.25) is 0 Å². The number of nitrogens with zero attached hydrogens (tertiary/aromatic N) is 5. The smallest absolute Gasteiger partial charge is 0.236 e. The number of rotatable bonds is 9. The third-order valence-electron chi connectivity index (χ3n) is 20.3. The van der Waals surface area contributed by atoms with Gasteiger partial charge in [0.1, 0.15) is 0 Å². The summed E-state index contributed by atoms with van der Waals surface area (Å²) in [6.45, 7) is 10.4. The molecule has 0 bridgehead atoms. The Morgan fingerprint density at radius 3 is 0.812 bits per heavy atom. The molecule has 444 valence electrons. The summed E-state index contributed by atoms with van der Waals surface area (Å²) in [4.78, 5) is 5.15. The highest BCUT2D eigenvalue weighted by Crippen LogP contribution is 2.55. The van der Waals surface area contributed by atoms with E-state index in [4.69, 9.17) is 4.85 Å². The Hall–Kier alpha value is -13.0. The first-order valence-electron chi connectivity index (χ1n) is 32.8. The fourth-order valence-corrected chi connectivity index (χ4v) is 16.0. The van der Waals surface area contributed by atoms with Crippen LogP contribution in [0.3, 0.4) is 0 Å². The summed E-state index contributed by atoms with van der Waals surface area (Å²) in [6.07, 6.45) is 0. The lowest BCUT2D eigenvalue weighted by molar-refractivity contribution is 1.09. The van der Waals surface area contributed by atoms with Crippen molar-refractivity contribution in [2.45, 2.75) is 0 Å². The van der Waals surface area contributed by atoms with Crippen molar-refractivity contribution >= 4 is 109 Å². The van der Waals surface area contributed by atoms with Crippen LogP contribution in [0.5, 0.6) is 0 Å². The van der Waals surface area contributed by atoms with Gasteiger partial charge in [-0.2, -0.15) is 0 Å². The third kappa shape index (κ3) is 7.91. The maximum absolute atomic E-state index is 10.4. The molecular weight excluding hydrogens is 1160 g/mol. The third-order valence-corrected chi connectivity index (χ3v) is 20.3. The average molecular weight is 1220 g/mol. The molecule has 5 aromatic heterocycles. The number of aromatic nitrogens is 4. The Morgan fingerprint density at radius 2 is 0.479 bits per heavy atom. The summed E-state index contributed by atoms with van der Waals surface area (Å²) in [7, 11) is 0. The maximum atomic E-state index is 10.4. The second-order valence-corrected chi connectivity index (χ2v) is 25.4. The van der Waals surface area contributed by atoms with E-state index in [0.717, 1.165) is 182 Å². The van der Waals surface area contributed by atoms with E-state index < -0.39 is 0 Å². The van der Waals surface area contributed by atoms with E-state index in [-0.39, 0.29) is 0 Å².